The molecule has 0 radical (unpaired) electrons. The van der Waals surface area contributed by atoms with Crippen LogP contribution in [0.15, 0.2) is 18.2 Å². The molecule has 1 aliphatic heterocycles. The molecule has 7 nitrogen and oxygen atoms in total. The van der Waals surface area contributed by atoms with Crippen LogP contribution in [0.5, 0.6) is 5.75 Å². The van der Waals surface area contributed by atoms with Crippen molar-refractivity contribution in [2.24, 2.45) is 11.8 Å². The Balaban J connectivity index is 0.00000245. The Morgan fingerprint density at radius 3 is 2.41 bits per heavy atom. The van der Waals surface area contributed by atoms with Crippen molar-refractivity contribution in [1.82, 2.24) is 14.3 Å². The molecular weight excluding hydrogens is 450 g/mol. The fourth-order valence-electron chi connectivity index (χ4n) is 5.54. The molecule has 4 aliphatic rings. The van der Waals surface area contributed by atoms with E-state index in [1.54, 1.807) is 0 Å². The van der Waals surface area contributed by atoms with Gasteiger partial charge in [0.1, 0.15) is 12.4 Å². The molecule has 3 fully saturated rings. The third kappa shape index (κ3) is 5.77. The van der Waals surface area contributed by atoms with Crippen LogP contribution in [-0.4, -0.2) is 64.9 Å². The van der Waals surface area contributed by atoms with Gasteiger partial charge in [-0.15, -0.1) is 12.4 Å². The van der Waals surface area contributed by atoms with Gasteiger partial charge in [-0.25, -0.2) is 0 Å². The highest BCUT2D eigenvalue weighted by molar-refractivity contribution is 7.87. The van der Waals surface area contributed by atoms with Crippen LogP contribution in [0.3, 0.4) is 0 Å². The zero-order valence-corrected chi connectivity index (χ0v) is 20.3. The first kappa shape index (κ1) is 24.2. The van der Waals surface area contributed by atoms with Gasteiger partial charge in [0.2, 0.25) is 0 Å². The predicted octanol–water partition coefficient (Wildman–Crippen LogP) is 2.29. The quantitative estimate of drug-likeness (QED) is 0.590. The molecule has 2 saturated carbocycles. The van der Waals surface area contributed by atoms with E-state index in [-0.39, 0.29) is 24.5 Å². The van der Waals surface area contributed by atoms with Crippen LogP contribution in [-0.2, 0) is 27.8 Å². The summed E-state index contributed by atoms with van der Waals surface area (Å²) in [6.45, 7) is 5.17. The van der Waals surface area contributed by atoms with E-state index in [1.807, 2.05) is 0 Å². The molecule has 1 aromatic rings. The minimum atomic E-state index is -3.44. The Hall–Kier alpha value is -0.900. The Bertz CT molecular complexity index is 874. The summed E-state index contributed by atoms with van der Waals surface area (Å²) in [5.74, 6) is 1.65. The minimum Gasteiger partial charge on any atom is -0.492 e. The Morgan fingerprint density at radius 2 is 1.72 bits per heavy atom. The zero-order chi connectivity index (χ0) is 21.3. The van der Waals surface area contributed by atoms with Crippen LogP contribution in [0.2, 0.25) is 0 Å². The first-order valence-corrected chi connectivity index (χ1v) is 13.4. The van der Waals surface area contributed by atoms with Crippen molar-refractivity contribution in [3.63, 3.8) is 0 Å². The van der Waals surface area contributed by atoms with Crippen LogP contribution < -0.4 is 14.2 Å². The summed E-state index contributed by atoms with van der Waals surface area (Å²) in [6.07, 6.45) is 7.07. The molecule has 3 atom stereocenters. The number of hydrogen-bond donors (Lipinski definition) is 2. The first-order chi connectivity index (χ1) is 15.1. The van der Waals surface area contributed by atoms with E-state index in [0.29, 0.717) is 18.4 Å². The highest BCUT2D eigenvalue weighted by Gasteiger charge is 2.41. The van der Waals surface area contributed by atoms with E-state index < -0.39 is 10.2 Å². The van der Waals surface area contributed by atoms with Crippen molar-refractivity contribution in [2.75, 3.05) is 39.5 Å². The summed E-state index contributed by atoms with van der Waals surface area (Å²) in [5, 5.41) is 0. The van der Waals surface area contributed by atoms with Crippen molar-refractivity contribution in [2.45, 2.75) is 57.0 Å². The molecular formula is C23H36ClN3O4S. The maximum absolute atomic E-state index is 12.7. The number of fused-ring (bicyclic) bond motifs is 3. The van der Waals surface area contributed by atoms with Gasteiger partial charge in [-0.05, 0) is 73.6 Å². The molecule has 5 rings (SSSR count). The number of nitrogens with one attached hydrogen (secondary N) is 2. The van der Waals surface area contributed by atoms with Crippen molar-refractivity contribution in [3.05, 3.63) is 29.3 Å². The average molecular weight is 486 g/mol. The molecule has 3 aliphatic carbocycles. The minimum absolute atomic E-state index is 0. The molecule has 1 saturated heterocycles. The van der Waals surface area contributed by atoms with Gasteiger partial charge in [0.05, 0.1) is 13.2 Å². The van der Waals surface area contributed by atoms with Gasteiger partial charge in [-0.2, -0.15) is 17.9 Å². The molecule has 9 heteroatoms. The maximum atomic E-state index is 12.7. The fourth-order valence-corrected chi connectivity index (χ4v) is 7.03. The molecule has 32 heavy (non-hydrogen) atoms. The Kier molecular flexibility index (Phi) is 8.01. The summed E-state index contributed by atoms with van der Waals surface area (Å²) >= 11 is 0. The van der Waals surface area contributed by atoms with Gasteiger partial charge >= 0.3 is 0 Å². The second-order valence-electron chi connectivity index (χ2n) is 9.63. The monoisotopic (exact) mass is 485 g/mol. The third-order valence-electron chi connectivity index (χ3n) is 7.56. The number of rotatable bonds is 8. The fraction of sp³-hybridized carbons (Fsp3) is 0.739. The standard InChI is InChI=1S/C23H35N3O4S.ClH/c27-31(28,24-21-2-1-3-21)25-23-18-4-5-19(23)15-20-16-22(7-6-17(20)14-18)30-13-10-26-8-11-29-12-9-26;/h6-7,16,18-19,21,23-25H,1-5,8-15H2;1H/t18-,19-,23-;/m0./s1. The molecule has 0 amide bonds. The van der Waals surface area contributed by atoms with Crippen molar-refractivity contribution in [3.8, 4) is 5.75 Å². The third-order valence-corrected chi connectivity index (χ3v) is 8.79. The van der Waals surface area contributed by atoms with Crippen LogP contribution >= 0.6 is 12.4 Å². The Morgan fingerprint density at radius 1 is 1.00 bits per heavy atom. The number of hydrogen-bond acceptors (Lipinski definition) is 5. The number of morpholine rings is 1. The summed E-state index contributed by atoms with van der Waals surface area (Å²) in [7, 11) is -3.44. The lowest BCUT2D eigenvalue weighted by atomic mass is 9.93. The molecule has 2 N–H and O–H groups in total. The van der Waals surface area contributed by atoms with Gasteiger partial charge in [0.15, 0.2) is 0 Å². The van der Waals surface area contributed by atoms with E-state index >= 15 is 0 Å². The maximum Gasteiger partial charge on any atom is 0.277 e. The van der Waals surface area contributed by atoms with E-state index in [2.05, 4.69) is 32.5 Å². The average Bonchev–Trinajstić information content (AvgIpc) is 2.99. The summed E-state index contributed by atoms with van der Waals surface area (Å²) in [5.41, 5.74) is 2.68. The van der Waals surface area contributed by atoms with E-state index in [9.17, 15) is 8.42 Å². The molecule has 180 valence electrons. The second kappa shape index (κ2) is 10.6. The van der Waals surface area contributed by atoms with Crippen molar-refractivity contribution >= 4 is 22.6 Å². The van der Waals surface area contributed by atoms with Gasteiger partial charge < -0.3 is 9.47 Å². The lowest BCUT2D eigenvalue weighted by Gasteiger charge is -2.29. The second-order valence-corrected chi connectivity index (χ2v) is 11.1. The number of halogens is 1. The van der Waals surface area contributed by atoms with E-state index in [1.165, 1.54) is 11.1 Å². The summed E-state index contributed by atoms with van der Waals surface area (Å²) in [4.78, 5) is 2.38. The molecule has 1 aromatic carbocycles. The van der Waals surface area contributed by atoms with Crippen molar-refractivity contribution in [1.29, 1.82) is 0 Å². The van der Waals surface area contributed by atoms with Gasteiger partial charge in [-0.1, -0.05) is 12.5 Å². The lowest BCUT2D eigenvalue weighted by molar-refractivity contribution is 0.0322. The first-order valence-electron chi connectivity index (χ1n) is 11.9. The molecule has 0 spiro atoms. The smallest absolute Gasteiger partial charge is 0.277 e. The normalized spacial score (nSPS) is 28.3. The van der Waals surface area contributed by atoms with Crippen LogP contribution in [0.25, 0.3) is 0 Å². The number of ether oxygens (including phenoxy) is 2. The Labute approximate surface area is 198 Å². The summed E-state index contributed by atoms with van der Waals surface area (Å²) in [6, 6.07) is 6.60. The number of benzene rings is 1. The van der Waals surface area contributed by atoms with Crippen LogP contribution in [0, 0.1) is 11.8 Å². The van der Waals surface area contributed by atoms with Crippen LogP contribution in [0.4, 0.5) is 0 Å². The zero-order valence-electron chi connectivity index (χ0n) is 18.6. The lowest BCUT2D eigenvalue weighted by Crippen LogP contribution is -2.51. The van der Waals surface area contributed by atoms with Gasteiger partial charge in [0, 0.05) is 31.7 Å². The van der Waals surface area contributed by atoms with Crippen molar-refractivity contribution < 1.29 is 17.9 Å². The number of nitrogens with zero attached hydrogens (tertiary/aromatic N) is 1. The van der Waals surface area contributed by atoms with Gasteiger partial charge in [0.25, 0.3) is 10.2 Å². The highest BCUT2D eigenvalue weighted by Crippen LogP contribution is 2.41. The van der Waals surface area contributed by atoms with Gasteiger partial charge in [-0.3, -0.25) is 4.90 Å². The van der Waals surface area contributed by atoms with E-state index in [4.69, 9.17) is 9.47 Å². The summed E-state index contributed by atoms with van der Waals surface area (Å²) < 4.78 is 42.6. The largest absolute Gasteiger partial charge is 0.492 e. The molecule has 0 unspecified atom stereocenters. The highest BCUT2D eigenvalue weighted by atomic mass is 35.5. The molecule has 2 bridgehead atoms. The molecule has 1 heterocycles. The van der Waals surface area contributed by atoms with Crippen LogP contribution in [0.1, 0.15) is 43.2 Å². The predicted molar refractivity (Wildman–Crippen MR) is 127 cm³/mol. The SMILES string of the molecule is Cl.O=S(=O)(NC1CCC1)N[C@H]1[C@H]2CC[C@H]1Cc1cc(OCCN3CCOCC3)ccc1C2. The topological polar surface area (TPSA) is 79.9 Å². The molecule has 0 aromatic heterocycles. The van der Waals surface area contributed by atoms with E-state index in [0.717, 1.165) is 83.5 Å².